The van der Waals surface area contributed by atoms with Gasteiger partial charge in [0, 0.05) is 12.5 Å². The number of carboxylic acid groups (broad SMARTS) is 1. The first kappa shape index (κ1) is 14.0. The van der Waals surface area contributed by atoms with Crippen LogP contribution in [0.3, 0.4) is 0 Å². The number of rotatable bonds is 6. The molecule has 1 aliphatic rings. The maximum atomic E-state index is 11.8. The molecule has 0 radical (unpaired) electrons. The van der Waals surface area contributed by atoms with E-state index in [1.807, 2.05) is 13.8 Å². The Morgan fingerprint density at radius 3 is 2.41 bits per heavy atom. The molecule has 0 heterocycles. The predicted molar refractivity (Wildman–Crippen MR) is 64.7 cm³/mol. The fourth-order valence-corrected chi connectivity index (χ4v) is 2.39. The normalized spacial score (nSPS) is 19.9. The van der Waals surface area contributed by atoms with E-state index < -0.39 is 11.5 Å². The minimum atomic E-state index is -1.01. The van der Waals surface area contributed by atoms with Gasteiger partial charge in [-0.25, -0.2) is 4.79 Å². The van der Waals surface area contributed by atoms with Crippen LogP contribution < -0.4 is 10.6 Å². The van der Waals surface area contributed by atoms with Crippen LogP contribution in [0.4, 0.5) is 0 Å². The lowest BCUT2D eigenvalue weighted by Gasteiger charge is -2.26. The Labute approximate surface area is 102 Å². The maximum Gasteiger partial charge on any atom is 0.329 e. The van der Waals surface area contributed by atoms with Crippen molar-refractivity contribution in [2.75, 3.05) is 6.54 Å². The molecule has 17 heavy (non-hydrogen) atoms. The average Bonchev–Trinajstić information content (AvgIpc) is 2.67. The molecule has 1 atom stereocenters. The smallest absolute Gasteiger partial charge is 0.329 e. The standard InChI is InChI=1S/C12H22N2O3/c1-3-13-9(2)8-10(15)14-12(11(16)17)6-4-5-7-12/h9,13H,3-8H2,1-2H3,(H,14,15)(H,16,17). The molecule has 1 fully saturated rings. The highest BCUT2D eigenvalue weighted by Crippen LogP contribution is 2.29. The lowest BCUT2D eigenvalue weighted by atomic mass is 9.97. The zero-order valence-corrected chi connectivity index (χ0v) is 10.6. The van der Waals surface area contributed by atoms with Crippen molar-refractivity contribution >= 4 is 11.9 Å². The monoisotopic (exact) mass is 242 g/mol. The van der Waals surface area contributed by atoms with Crippen LogP contribution >= 0.6 is 0 Å². The van der Waals surface area contributed by atoms with Gasteiger partial charge in [0.25, 0.3) is 0 Å². The van der Waals surface area contributed by atoms with Gasteiger partial charge in [-0.15, -0.1) is 0 Å². The fourth-order valence-electron chi connectivity index (χ4n) is 2.39. The lowest BCUT2D eigenvalue weighted by molar-refractivity contribution is -0.147. The maximum absolute atomic E-state index is 11.8. The summed E-state index contributed by atoms with van der Waals surface area (Å²) in [5, 5.41) is 15.1. The van der Waals surface area contributed by atoms with E-state index >= 15 is 0 Å². The first-order chi connectivity index (χ1) is 8.00. The second-order valence-electron chi connectivity index (χ2n) is 4.81. The molecule has 0 aromatic rings. The number of carbonyl (C=O) groups is 2. The van der Waals surface area contributed by atoms with Gasteiger partial charge in [-0.1, -0.05) is 19.8 Å². The third-order valence-electron chi connectivity index (χ3n) is 3.29. The van der Waals surface area contributed by atoms with Gasteiger partial charge in [0.15, 0.2) is 0 Å². The van der Waals surface area contributed by atoms with Crippen LogP contribution in [0, 0.1) is 0 Å². The van der Waals surface area contributed by atoms with E-state index in [2.05, 4.69) is 10.6 Å². The SMILES string of the molecule is CCNC(C)CC(=O)NC1(C(=O)O)CCCC1. The molecule has 1 aliphatic carbocycles. The van der Waals surface area contributed by atoms with Crippen LogP contribution in [0.25, 0.3) is 0 Å². The van der Waals surface area contributed by atoms with Gasteiger partial charge in [-0.3, -0.25) is 4.79 Å². The minimum Gasteiger partial charge on any atom is -0.480 e. The van der Waals surface area contributed by atoms with Crippen molar-refractivity contribution in [3.63, 3.8) is 0 Å². The Kier molecular flexibility index (Phi) is 4.93. The minimum absolute atomic E-state index is 0.0762. The summed E-state index contributed by atoms with van der Waals surface area (Å²) in [6, 6.07) is 0.0762. The molecule has 5 heteroatoms. The molecule has 98 valence electrons. The summed E-state index contributed by atoms with van der Waals surface area (Å²) in [5.74, 6) is -1.08. The van der Waals surface area contributed by atoms with Gasteiger partial charge in [-0.2, -0.15) is 0 Å². The number of carbonyl (C=O) groups excluding carboxylic acids is 1. The summed E-state index contributed by atoms with van der Waals surface area (Å²) < 4.78 is 0. The molecule has 0 aromatic heterocycles. The van der Waals surface area contributed by atoms with E-state index in [9.17, 15) is 14.7 Å². The van der Waals surface area contributed by atoms with Crippen molar-refractivity contribution in [2.24, 2.45) is 0 Å². The van der Waals surface area contributed by atoms with Gasteiger partial charge >= 0.3 is 5.97 Å². The summed E-state index contributed by atoms with van der Waals surface area (Å²) >= 11 is 0. The van der Waals surface area contributed by atoms with Crippen LogP contribution in [0.1, 0.15) is 46.0 Å². The van der Waals surface area contributed by atoms with Gasteiger partial charge < -0.3 is 15.7 Å². The van der Waals surface area contributed by atoms with E-state index in [-0.39, 0.29) is 11.9 Å². The van der Waals surface area contributed by atoms with Crippen molar-refractivity contribution in [3.8, 4) is 0 Å². The molecule has 0 bridgehead atoms. The fraction of sp³-hybridized carbons (Fsp3) is 0.833. The van der Waals surface area contributed by atoms with Crippen LogP contribution in [-0.4, -0.2) is 35.1 Å². The van der Waals surface area contributed by atoms with E-state index in [0.717, 1.165) is 19.4 Å². The van der Waals surface area contributed by atoms with Gasteiger partial charge in [0.1, 0.15) is 5.54 Å². The Morgan fingerprint density at radius 2 is 1.94 bits per heavy atom. The number of hydrogen-bond donors (Lipinski definition) is 3. The van der Waals surface area contributed by atoms with E-state index in [1.54, 1.807) is 0 Å². The molecule has 3 N–H and O–H groups in total. The molecule has 1 unspecified atom stereocenters. The van der Waals surface area contributed by atoms with Crippen molar-refractivity contribution in [3.05, 3.63) is 0 Å². The number of amides is 1. The Morgan fingerprint density at radius 1 is 1.35 bits per heavy atom. The summed E-state index contributed by atoms with van der Waals surface area (Å²) in [6.07, 6.45) is 3.15. The average molecular weight is 242 g/mol. The third-order valence-corrected chi connectivity index (χ3v) is 3.29. The molecule has 1 rings (SSSR count). The molecule has 0 aromatic carbocycles. The predicted octanol–water partition coefficient (Wildman–Crippen LogP) is 0.888. The number of carboxylic acids is 1. The molecule has 1 saturated carbocycles. The van der Waals surface area contributed by atoms with Crippen molar-refractivity contribution < 1.29 is 14.7 Å². The number of hydrogen-bond acceptors (Lipinski definition) is 3. The summed E-state index contributed by atoms with van der Waals surface area (Å²) in [7, 11) is 0. The van der Waals surface area contributed by atoms with Gasteiger partial charge in [-0.05, 0) is 26.3 Å². The Balaban J connectivity index is 2.51. The highest BCUT2D eigenvalue weighted by molar-refractivity contribution is 5.87. The third kappa shape index (κ3) is 3.70. The summed E-state index contributed by atoms with van der Waals surface area (Å²) in [5.41, 5.74) is -1.01. The molecule has 0 spiro atoms. The Hall–Kier alpha value is -1.10. The quantitative estimate of drug-likeness (QED) is 0.646. The van der Waals surface area contributed by atoms with Crippen LogP contribution in [0.5, 0.6) is 0 Å². The van der Waals surface area contributed by atoms with E-state index in [4.69, 9.17) is 0 Å². The van der Waals surface area contributed by atoms with Crippen molar-refractivity contribution in [1.82, 2.24) is 10.6 Å². The molecule has 1 amide bonds. The molecule has 0 saturated heterocycles. The topological polar surface area (TPSA) is 78.4 Å². The number of nitrogens with one attached hydrogen (secondary N) is 2. The summed E-state index contributed by atoms with van der Waals surface area (Å²) in [6.45, 7) is 4.70. The number of aliphatic carboxylic acids is 1. The van der Waals surface area contributed by atoms with Crippen molar-refractivity contribution in [2.45, 2.75) is 57.5 Å². The summed E-state index contributed by atoms with van der Waals surface area (Å²) in [4.78, 5) is 23.0. The first-order valence-electron chi connectivity index (χ1n) is 6.28. The van der Waals surface area contributed by atoms with Crippen LogP contribution in [-0.2, 0) is 9.59 Å². The largest absolute Gasteiger partial charge is 0.480 e. The highest BCUT2D eigenvalue weighted by Gasteiger charge is 2.42. The molecular weight excluding hydrogens is 220 g/mol. The van der Waals surface area contributed by atoms with E-state index in [1.165, 1.54) is 0 Å². The molecule has 5 nitrogen and oxygen atoms in total. The van der Waals surface area contributed by atoms with Crippen molar-refractivity contribution in [1.29, 1.82) is 0 Å². The van der Waals surface area contributed by atoms with E-state index in [0.29, 0.717) is 19.3 Å². The van der Waals surface area contributed by atoms with Crippen LogP contribution in [0.2, 0.25) is 0 Å². The lowest BCUT2D eigenvalue weighted by Crippen LogP contribution is -2.53. The first-order valence-corrected chi connectivity index (χ1v) is 6.28. The second kappa shape index (κ2) is 6.00. The molecule has 0 aliphatic heterocycles. The zero-order chi connectivity index (χ0) is 12.9. The second-order valence-corrected chi connectivity index (χ2v) is 4.81. The molecular formula is C12H22N2O3. The zero-order valence-electron chi connectivity index (χ0n) is 10.6. The Bertz CT molecular complexity index is 285. The van der Waals surface area contributed by atoms with Gasteiger partial charge in [0.2, 0.25) is 5.91 Å². The highest BCUT2D eigenvalue weighted by atomic mass is 16.4. The van der Waals surface area contributed by atoms with Crippen LogP contribution in [0.15, 0.2) is 0 Å². The van der Waals surface area contributed by atoms with Gasteiger partial charge in [0.05, 0.1) is 0 Å².